The van der Waals surface area contributed by atoms with Gasteiger partial charge in [-0.15, -0.1) is 0 Å². The summed E-state index contributed by atoms with van der Waals surface area (Å²) in [6.45, 7) is 2.56. The number of hydrogen-bond acceptors (Lipinski definition) is 3. The molecular formula is C12H10ClF2N3. The topological polar surface area (TPSA) is 37.8 Å². The van der Waals surface area contributed by atoms with Crippen LogP contribution in [0.5, 0.6) is 0 Å². The van der Waals surface area contributed by atoms with Gasteiger partial charge >= 0.3 is 0 Å². The first-order valence-corrected chi connectivity index (χ1v) is 5.71. The van der Waals surface area contributed by atoms with Gasteiger partial charge in [0.05, 0.1) is 16.3 Å². The molecule has 2 aromatic rings. The monoisotopic (exact) mass is 269 g/mol. The number of anilines is 1. The minimum Gasteiger partial charge on any atom is -0.370 e. The van der Waals surface area contributed by atoms with E-state index in [1.807, 2.05) is 6.92 Å². The fourth-order valence-corrected chi connectivity index (χ4v) is 1.78. The molecule has 2 rings (SSSR count). The van der Waals surface area contributed by atoms with Crippen LogP contribution in [0.25, 0.3) is 11.3 Å². The van der Waals surface area contributed by atoms with Gasteiger partial charge in [-0.2, -0.15) is 0 Å². The summed E-state index contributed by atoms with van der Waals surface area (Å²) in [6, 6.07) is 3.80. The molecule has 0 aliphatic rings. The molecule has 0 unspecified atom stereocenters. The Morgan fingerprint density at radius 3 is 2.78 bits per heavy atom. The van der Waals surface area contributed by atoms with Gasteiger partial charge < -0.3 is 5.32 Å². The van der Waals surface area contributed by atoms with E-state index < -0.39 is 11.6 Å². The van der Waals surface area contributed by atoms with Gasteiger partial charge in [0.15, 0.2) is 11.6 Å². The lowest BCUT2D eigenvalue weighted by Gasteiger charge is -2.08. The highest BCUT2D eigenvalue weighted by atomic mass is 35.5. The Balaban J connectivity index is 2.55. The van der Waals surface area contributed by atoms with Crippen LogP contribution in [-0.4, -0.2) is 16.5 Å². The molecule has 0 spiro atoms. The first kappa shape index (κ1) is 12.7. The number of hydrogen-bond donors (Lipinski definition) is 1. The molecule has 18 heavy (non-hydrogen) atoms. The smallest absolute Gasteiger partial charge is 0.169 e. The summed E-state index contributed by atoms with van der Waals surface area (Å²) in [4.78, 5) is 7.87. The molecule has 1 aromatic carbocycles. The molecule has 1 aromatic heterocycles. The molecule has 94 valence electrons. The molecule has 0 bridgehead atoms. The summed E-state index contributed by atoms with van der Waals surface area (Å²) >= 11 is 5.88. The van der Waals surface area contributed by atoms with Gasteiger partial charge in [0.2, 0.25) is 0 Å². The minimum atomic E-state index is -1.01. The number of nitrogens with one attached hydrogen (secondary N) is 1. The Bertz CT molecular complexity index is 575. The van der Waals surface area contributed by atoms with Gasteiger partial charge in [-0.1, -0.05) is 11.6 Å². The Hall–Kier alpha value is -1.75. The van der Waals surface area contributed by atoms with E-state index in [1.165, 1.54) is 18.5 Å². The molecule has 0 aliphatic carbocycles. The van der Waals surface area contributed by atoms with Crippen LogP contribution >= 0.6 is 11.6 Å². The molecule has 0 saturated carbocycles. The van der Waals surface area contributed by atoms with Gasteiger partial charge in [0.1, 0.15) is 12.1 Å². The molecule has 1 N–H and O–H groups in total. The van der Waals surface area contributed by atoms with Crippen molar-refractivity contribution >= 4 is 17.4 Å². The van der Waals surface area contributed by atoms with Crippen molar-refractivity contribution in [2.75, 3.05) is 11.9 Å². The second kappa shape index (κ2) is 5.27. The van der Waals surface area contributed by atoms with Crippen LogP contribution in [0.3, 0.4) is 0 Å². The van der Waals surface area contributed by atoms with Crippen LogP contribution in [-0.2, 0) is 0 Å². The van der Waals surface area contributed by atoms with E-state index >= 15 is 0 Å². The fraction of sp³-hybridized carbons (Fsp3) is 0.167. The first-order valence-electron chi connectivity index (χ1n) is 5.33. The highest BCUT2D eigenvalue weighted by Crippen LogP contribution is 2.31. The molecule has 0 atom stereocenters. The van der Waals surface area contributed by atoms with Crippen molar-refractivity contribution in [1.29, 1.82) is 0 Å². The van der Waals surface area contributed by atoms with E-state index in [4.69, 9.17) is 11.6 Å². The number of halogens is 3. The van der Waals surface area contributed by atoms with Crippen molar-refractivity contribution in [3.05, 3.63) is 41.2 Å². The van der Waals surface area contributed by atoms with Gasteiger partial charge in [0.25, 0.3) is 0 Å². The molecule has 0 fully saturated rings. The molecule has 0 aliphatic heterocycles. The Morgan fingerprint density at radius 2 is 2.06 bits per heavy atom. The van der Waals surface area contributed by atoms with Crippen molar-refractivity contribution in [2.45, 2.75) is 6.92 Å². The summed E-state index contributed by atoms with van der Waals surface area (Å²) in [5.41, 5.74) is 0.182. The predicted octanol–water partition coefficient (Wildman–Crippen LogP) is 3.51. The standard InChI is InChI=1S/C12H10ClF2N3/c1-2-16-10-5-9(17-6-18-10)11-7(13)3-4-8(14)12(11)15/h3-6H,2H2,1H3,(H,16,17,18). The van der Waals surface area contributed by atoms with Crippen molar-refractivity contribution in [2.24, 2.45) is 0 Å². The maximum Gasteiger partial charge on any atom is 0.169 e. The van der Waals surface area contributed by atoms with E-state index in [-0.39, 0.29) is 16.3 Å². The third-order valence-corrected chi connectivity index (χ3v) is 2.64. The lowest BCUT2D eigenvalue weighted by atomic mass is 10.1. The van der Waals surface area contributed by atoms with E-state index in [9.17, 15) is 8.78 Å². The molecular weight excluding hydrogens is 260 g/mol. The third-order valence-electron chi connectivity index (χ3n) is 2.33. The highest BCUT2D eigenvalue weighted by Gasteiger charge is 2.16. The third kappa shape index (κ3) is 2.41. The van der Waals surface area contributed by atoms with Crippen molar-refractivity contribution in [3.8, 4) is 11.3 Å². The maximum absolute atomic E-state index is 13.7. The van der Waals surface area contributed by atoms with Crippen LogP contribution in [0.1, 0.15) is 6.92 Å². The van der Waals surface area contributed by atoms with Crippen LogP contribution in [0.15, 0.2) is 24.5 Å². The largest absolute Gasteiger partial charge is 0.370 e. The van der Waals surface area contributed by atoms with Gasteiger partial charge in [-0.3, -0.25) is 0 Å². The fourth-order valence-electron chi connectivity index (χ4n) is 1.53. The normalized spacial score (nSPS) is 10.4. The summed E-state index contributed by atoms with van der Waals surface area (Å²) in [5, 5.41) is 3.07. The van der Waals surface area contributed by atoms with Crippen molar-refractivity contribution in [1.82, 2.24) is 9.97 Å². The second-order valence-corrected chi connectivity index (χ2v) is 3.94. The molecule has 3 nitrogen and oxygen atoms in total. The minimum absolute atomic E-state index is 0.0572. The zero-order chi connectivity index (χ0) is 13.1. The van der Waals surface area contributed by atoms with E-state index in [0.717, 1.165) is 6.07 Å². The molecule has 0 radical (unpaired) electrons. The summed E-state index contributed by atoms with van der Waals surface area (Å²) in [6.07, 6.45) is 1.27. The van der Waals surface area contributed by atoms with Crippen LogP contribution in [0.4, 0.5) is 14.6 Å². The number of aromatic nitrogens is 2. The van der Waals surface area contributed by atoms with E-state index in [0.29, 0.717) is 12.4 Å². The summed E-state index contributed by atoms with van der Waals surface area (Å²) in [7, 11) is 0. The lowest BCUT2D eigenvalue weighted by Crippen LogP contribution is -2.01. The molecule has 6 heteroatoms. The quantitative estimate of drug-likeness (QED) is 0.867. The second-order valence-electron chi connectivity index (χ2n) is 3.54. The van der Waals surface area contributed by atoms with E-state index in [2.05, 4.69) is 15.3 Å². The number of rotatable bonds is 3. The van der Waals surface area contributed by atoms with E-state index in [1.54, 1.807) is 0 Å². The van der Waals surface area contributed by atoms with Crippen molar-refractivity contribution < 1.29 is 8.78 Å². The summed E-state index contributed by atoms with van der Waals surface area (Å²) in [5.74, 6) is -1.44. The highest BCUT2D eigenvalue weighted by molar-refractivity contribution is 6.33. The lowest BCUT2D eigenvalue weighted by molar-refractivity contribution is 0.511. The van der Waals surface area contributed by atoms with Crippen LogP contribution in [0, 0.1) is 11.6 Å². The average molecular weight is 270 g/mol. The van der Waals surface area contributed by atoms with Crippen LogP contribution in [0.2, 0.25) is 5.02 Å². The molecule has 1 heterocycles. The van der Waals surface area contributed by atoms with Gasteiger partial charge in [-0.05, 0) is 19.1 Å². The predicted molar refractivity (Wildman–Crippen MR) is 66.6 cm³/mol. The number of benzene rings is 1. The molecule has 0 amide bonds. The Labute approximate surface area is 108 Å². The maximum atomic E-state index is 13.7. The zero-order valence-corrected chi connectivity index (χ0v) is 10.3. The average Bonchev–Trinajstić information content (AvgIpc) is 2.35. The SMILES string of the molecule is CCNc1cc(-c2c(Cl)ccc(F)c2F)ncn1. The summed E-state index contributed by atoms with van der Waals surface area (Å²) < 4.78 is 26.9. The molecule has 0 saturated heterocycles. The van der Waals surface area contributed by atoms with Gasteiger partial charge in [0, 0.05) is 12.6 Å². The zero-order valence-electron chi connectivity index (χ0n) is 9.54. The number of nitrogens with zero attached hydrogens (tertiary/aromatic N) is 2. The Kier molecular flexibility index (Phi) is 3.72. The Morgan fingerprint density at radius 1 is 1.28 bits per heavy atom. The first-order chi connectivity index (χ1) is 8.63. The van der Waals surface area contributed by atoms with Crippen LogP contribution < -0.4 is 5.32 Å². The van der Waals surface area contributed by atoms with Crippen molar-refractivity contribution in [3.63, 3.8) is 0 Å². The van der Waals surface area contributed by atoms with Gasteiger partial charge in [-0.25, -0.2) is 18.7 Å².